The minimum Gasteiger partial charge on any atom is -0.495 e. The van der Waals surface area contributed by atoms with Crippen molar-refractivity contribution in [2.24, 2.45) is 5.92 Å². The third kappa shape index (κ3) is 3.11. The van der Waals surface area contributed by atoms with E-state index in [1.54, 1.807) is 25.3 Å². The lowest BCUT2D eigenvalue weighted by molar-refractivity contribution is -0.117. The van der Waals surface area contributed by atoms with Crippen LogP contribution in [0.4, 0.5) is 5.69 Å². The zero-order chi connectivity index (χ0) is 12.3. The van der Waals surface area contributed by atoms with Crippen molar-refractivity contribution in [1.82, 2.24) is 5.32 Å². The van der Waals surface area contributed by atoms with Gasteiger partial charge in [0.25, 0.3) is 0 Å². The van der Waals surface area contributed by atoms with Gasteiger partial charge in [0.1, 0.15) is 5.75 Å². The number of hydrogen-bond acceptors (Lipinski definition) is 3. The summed E-state index contributed by atoms with van der Waals surface area (Å²) >= 11 is 5.90. The molecule has 0 atom stereocenters. The number of amides is 1. The Hall–Kier alpha value is -1.26. The van der Waals surface area contributed by atoms with E-state index in [0.29, 0.717) is 28.8 Å². The maximum atomic E-state index is 11.7. The summed E-state index contributed by atoms with van der Waals surface area (Å²) in [6.07, 6.45) is 0.554. The molecule has 0 spiro atoms. The summed E-state index contributed by atoms with van der Waals surface area (Å²) in [5.41, 5.74) is 0.712. The van der Waals surface area contributed by atoms with E-state index in [9.17, 15) is 4.79 Å². The van der Waals surface area contributed by atoms with E-state index in [0.717, 1.165) is 13.1 Å². The number of hydrogen-bond donors (Lipinski definition) is 2. The van der Waals surface area contributed by atoms with E-state index in [-0.39, 0.29) is 5.91 Å². The molecule has 0 radical (unpaired) electrons. The molecule has 92 valence electrons. The molecular formula is C12H15ClN2O2. The molecule has 1 aromatic carbocycles. The molecule has 0 aromatic heterocycles. The highest BCUT2D eigenvalue weighted by atomic mass is 35.5. The van der Waals surface area contributed by atoms with Gasteiger partial charge < -0.3 is 15.4 Å². The first kappa shape index (κ1) is 12.2. The van der Waals surface area contributed by atoms with Crippen LogP contribution in [0.3, 0.4) is 0 Å². The molecule has 1 fully saturated rings. The predicted octanol–water partition coefficient (Wildman–Crippen LogP) is 1.90. The van der Waals surface area contributed by atoms with Gasteiger partial charge in [-0.25, -0.2) is 0 Å². The number of benzene rings is 1. The molecule has 1 aliphatic rings. The van der Waals surface area contributed by atoms with Crippen LogP contribution in [0.25, 0.3) is 0 Å². The molecule has 5 heteroatoms. The summed E-state index contributed by atoms with van der Waals surface area (Å²) < 4.78 is 5.09. The Bertz CT molecular complexity index is 419. The number of methoxy groups -OCH3 is 1. The number of rotatable bonds is 4. The Balaban J connectivity index is 1.95. The lowest BCUT2D eigenvalue weighted by Gasteiger charge is -2.26. The normalized spacial score (nSPS) is 15.2. The van der Waals surface area contributed by atoms with Crippen LogP contribution in [0.2, 0.25) is 5.02 Å². The van der Waals surface area contributed by atoms with Crippen molar-refractivity contribution in [3.8, 4) is 5.75 Å². The highest BCUT2D eigenvalue weighted by molar-refractivity contribution is 6.32. The summed E-state index contributed by atoms with van der Waals surface area (Å²) in [4.78, 5) is 11.7. The zero-order valence-corrected chi connectivity index (χ0v) is 10.4. The molecule has 0 bridgehead atoms. The van der Waals surface area contributed by atoms with Gasteiger partial charge in [-0.2, -0.15) is 0 Å². The maximum absolute atomic E-state index is 11.7. The zero-order valence-electron chi connectivity index (χ0n) is 9.63. The van der Waals surface area contributed by atoms with E-state index in [1.165, 1.54) is 0 Å². The first-order valence-corrected chi connectivity index (χ1v) is 5.91. The van der Waals surface area contributed by atoms with Gasteiger partial charge in [-0.15, -0.1) is 0 Å². The van der Waals surface area contributed by atoms with Crippen LogP contribution in [-0.2, 0) is 4.79 Å². The number of ether oxygens (including phenoxy) is 1. The van der Waals surface area contributed by atoms with Crippen molar-refractivity contribution < 1.29 is 9.53 Å². The molecule has 1 aliphatic heterocycles. The molecule has 2 rings (SSSR count). The highest BCUT2D eigenvalue weighted by Gasteiger charge is 2.20. The molecule has 0 saturated carbocycles. The van der Waals surface area contributed by atoms with Gasteiger partial charge in [0.05, 0.1) is 12.1 Å². The fraction of sp³-hybridized carbons (Fsp3) is 0.417. The number of nitrogens with one attached hydrogen (secondary N) is 2. The molecule has 2 N–H and O–H groups in total. The lowest BCUT2D eigenvalue weighted by atomic mass is 9.99. The Morgan fingerprint density at radius 3 is 2.94 bits per heavy atom. The molecule has 4 nitrogen and oxygen atoms in total. The molecule has 17 heavy (non-hydrogen) atoms. The van der Waals surface area contributed by atoms with Crippen molar-refractivity contribution in [3.05, 3.63) is 23.2 Å². The first-order valence-electron chi connectivity index (χ1n) is 5.53. The fourth-order valence-electron chi connectivity index (χ4n) is 1.70. The Kier molecular flexibility index (Phi) is 3.86. The predicted molar refractivity (Wildman–Crippen MR) is 67.6 cm³/mol. The molecular weight excluding hydrogens is 240 g/mol. The van der Waals surface area contributed by atoms with Crippen molar-refractivity contribution in [2.75, 3.05) is 25.5 Å². The monoisotopic (exact) mass is 254 g/mol. The summed E-state index contributed by atoms with van der Waals surface area (Å²) in [7, 11) is 1.55. The minimum atomic E-state index is 0.0286. The van der Waals surface area contributed by atoms with E-state index in [2.05, 4.69) is 10.6 Å². The lowest BCUT2D eigenvalue weighted by Crippen LogP contribution is -2.43. The van der Waals surface area contributed by atoms with Crippen molar-refractivity contribution >= 4 is 23.2 Å². The van der Waals surface area contributed by atoms with Crippen LogP contribution in [0.1, 0.15) is 6.42 Å². The van der Waals surface area contributed by atoms with Gasteiger partial charge in [-0.05, 0) is 31.1 Å². The molecule has 1 saturated heterocycles. The second-order valence-corrected chi connectivity index (χ2v) is 4.53. The van der Waals surface area contributed by atoms with Gasteiger partial charge in [-0.3, -0.25) is 4.79 Å². The second-order valence-electron chi connectivity index (χ2n) is 4.13. The van der Waals surface area contributed by atoms with Gasteiger partial charge >= 0.3 is 0 Å². The Labute approximate surface area is 105 Å². The molecule has 1 heterocycles. The summed E-state index contributed by atoms with van der Waals surface area (Å²) in [6, 6.07) is 5.20. The third-order valence-electron chi connectivity index (χ3n) is 2.77. The number of carbonyl (C=O) groups excluding carboxylic acids is 1. The standard InChI is InChI=1S/C12H15ClN2O2/c1-17-11-5-9(2-3-10(11)13)15-12(16)4-8-6-14-7-8/h2-3,5,8,14H,4,6-7H2,1H3,(H,15,16). The van der Waals surface area contributed by atoms with E-state index in [1.807, 2.05) is 0 Å². The summed E-state index contributed by atoms with van der Waals surface area (Å²) in [6.45, 7) is 1.86. The molecule has 0 aliphatic carbocycles. The van der Waals surface area contributed by atoms with Crippen LogP contribution in [-0.4, -0.2) is 26.1 Å². The number of anilines is 1. The largest absolute Gasteiger partial charge is 0.495 e. The van der Waals surface area contributed by atoms with Crippen molar-refractivity contribution in [1.29, 1.82) is 0 Å². The quantitative estimate of drug-likeness (QED) is 0.863. The summed E-state index contributed by atoms with van der Waals surface area (Å²) in [5.74, 6) is 1.06. The number of halogens is 1. The van der Waals surface area contributed by atoms with Gasteiger partial charge in [0.15, 0.2) is 0 Å². The van der Waals surface area contributed by atoms with Crippen molar-refractivity contribution in [2.45, 2.75) is 6.42 Å². The second kappa shape index (κ2) is 5.38. The first-order chi connectivity index (χ1) is 8.19. The van der Waals surface area contributed by atoms with E-state index >= 15 is 0 Å². The minimum absolute atomic E-state index is 0.0286. The molecule has 1 aromatic rings. The molecule has 0 unspecified atom stereocenters. The SMILES string of the molecule is COc1cc(NC(=O)CC2CNC2)ccc1Cl. The Morgan fingerprint density at radius 1 is 1.59 bits per heavy atom. The fourth-order valence-corrected chi connectivity index (χ4v) is 1.90. The van der Waals surface area contributed by atoms with E-state index < -0.39 is 0 Å². The summed E-state index contributed by atoms with van der Waals surface area (Å²) in [5, 5.41) is 6.51. The van der Waals surface area contributed by atoms with E-state index in [4.69, 9.17) is 16.3 Å². The van der Waals surface area contributed by atoms with Crippen LogP contribution in [0, 0.1) is 5.92 Å². The van der Waals surface area contributed by atoms with Crippen LogP contribution in [0.5, 0.6) is 5.75 Å². The van der Waals surface area contributed by atoms with Crippen molar-refractivity contribution in [3.63, 3.8) is 0 Å². The van der Waals surface area contributed by atoms with Crippen LogP contribution >= 0.6 is 11.6 Å². The van der Waals surface area contributed by atoms with Gasteiger partial charge in [0, 0.05) is 18.2 Å². The van der Waals surface area contributed by atoms with Crippen LogP contribution < -0.4 is 15.4 Å². The van der Waals surface area contributed by atoms with Gasteiger partial charge in [-0.1, -0.05) is 11.6 Å². The van der Waals surface area contributed by atoms with Crippen LogP contribution in [0.15, 0.2) is 18.2 Å². The number of carbonyl (C=O) groups is 1. The van der Waals surface area contributed by atoms with Gasteiger partial charge in [0.2, 0.25) is 5.91 Å². The average Bonchev–Trinajstić information content (AvgIpc) is 2.26. The average molecular weight is 255 g/mol. The highest BCUT2D eigenvalue weighted by Crippen LogP contribution is 2.27. The topological polar surface area (TPSA) is 50.4 Å². The Morgan fingerprint density at radius 2 is 2.35 bits per heavy atom. The maximum Gasteiger partial charge on any atom is 0.224 e. The third-order valence-corrected chi connectivity index (χ3v) is 3.09. The smallest absolute Gasteiger partial charge is 0.224 e. The molecule has 1 amide bonds.